The van der Waals surface area contributed by atoms with E-state index in [1.54, 1.807) is 0 Å². The van der Waals surface area contributed by atoms with E-state index in [1.807, 2.05) is 6.92 Å². The van der Waals surface area contributed by atoms with E-state index < -0.39 is 9.84 Å². The summed E-state index contributed by atoms with van der Waals surface area (Å²) in [5.74, 6) is 0.568. The van der Waals surface area contributed by atoms with Gasteiger partial charge in [-0.25, -0.2) is 8.42 Å². The second kappa shape index (κ2) is 8.09. The van der Waals surface area contributed by atoms with Crippen molar-refractivity contribution in [3.63, 3.8) is 0 Å². The van der Waals surface area contributed by atoms with Gasteiger partial charge in [0.15, 0.2) is 9.84 Å². The lowest BCUT2D eigenvalue weighted by molar-refractivity contribution is -0.00358. The largest absolute Gasteiger partial charge is 0.378 e. The van der Waals surface area contributed by atoms with Crippen LogP contribution in [0.5, 0.6) is 0 Å². The predicted octanol–water partition coefficient (Wildman–Crippen LogP) is 0.122. The fourth-order valence-corrected chi connectivity index (χ4v) is 3.49. The summed E-state index contributed by atoms with van der Waals surface area (Å²) < 4.78 is 28.9. The lowest BCUT2D eigenvalue weighted by Crippen LogP contribution is -2.51. The van der Waals surface area contributed by atoms with Crippen LogP contribution in [0, 0.1) is 0 Å². The van der Waals surface area contributed by atoms with Crippen molar-refractivity contribution < 1.29 is 13.2 Å². The first-order chi connectivity index (χ1) is 8.59. The molecule has 0 aromatic carbocycles. The maximum absolute atomic E-state index is 11.7. The van der Waals surface area contributed by atoms with Crippen molar-refractivity contribution in [2.75, 3.05) is 50.9 Å². The number of nitrogens with zero attached hydrogens (tertiary/aromatic N) is 1. The third-order valence-electron chi connectivity index (χ3n) is 3.18. The molecule has 1 N–H and O–H groups in total. The molecule has 1 rings (SSSR count). The van der Waals surface area contributed by atoms with E-state index in [9.17, 15) is 8.42 Å². The zero-order valence-corrected chi connectivity index (χ0v) is 12.3. The van der Waals surface area contributed by atoms with Crippen molar-refractivity contribution in [3.8, 4) is 0 Å². The Hall–Kier alpha value is -0.170. The molecule has 1 atom stereocenters. The third kappa shape index (κ3) is 5.65. The zero-order chi connectivity index (χ0) is 13.4. The highest BCUT2D eigenvalue weighted by Crippen LogP contribution is 2.07. The predicted molar refractivity (Wildman–Crippen MR) is 73.7 cm³/mol. The minimum atomic E-state index is -2.88. The summed E-state index contributed by atoms with van der Waals surface area (Å²) in [6, 6.07) is 0.301. The Labute approximate surface area is 111 Å². The molecule has 1 aliphatic rings. The second-order valence-electron chi connectivity index (χ2n) is 4.72. The molecule has 0 amide bonds. The maximum atomic E-state index is 11.7. The summed E-state index contributed by atoms with van der Waals surface area (Å²) in [4.78, 5) is 2.24. The van der Waals surface area contributed by atoms with E-state index >= 15 is 0 Å². The normalized spacial score (nSPS) is 22.2. The van der Waals surface area contributed by atoms with Gasteiger partial charge in [-0.05, 0) is 13.0 Å². The first kappa shape index (κ1) is 15.9. The van der Waals surface area contributed by atoms with Gasteiger partial charge in [-0.3, -0.25) is 4.90 Å². The number of rotatable bonds is 8. The van der Waals surface area contributed by atoms with Gasteiger partial charge < -0.3 is 10.1 Å². The molecule has 18 heavy (non-hydrogen) atoms. The van der Waals surface area contributed by atoms with Gasteiger partial charge in [-0.15, -0.1) is 0 Å². The highest BCUT2D eigenvalue weighted by Gasteiger charge is 2.23. The summed E-state index contributed by atoms with van der Waals surface area (Å²) in [5.41, 5.74) is 0. The van der Waals surface area contributed by atoms with Gasteiger partial charge in [0.25, 0.3) is 0 Å². The summed E-state index contributed by atoms with van der Waals surface area (Å²) in [5, 5.41) is 3.30. The highest BCUT2D eigenvalue weighted by molar-refractivity contribution is 7.91. The van der Waals surface area contributed by atoms with E-state index in [2.05, 4.69) is 17.1 Å². The van der Waals surface area contributed by atoms with E-state index in [-0.39, 0.29) is 5.75 Å². The minimum Gasteiger partial charge on any atom is -0.378 e. The monoisotopic (exact) mass is 278 g/mol. The first-order valence-electron chi connectivity index (χ1n) is 6.82. The molecule has 1 heterocycles. The molecule has 0 bridgehead atoms. The van der Waals surface area contributed by atoms with Crippen LogP contribution in [0.3, 0.4) is 0 Å². The second-order valence-corrected chi connectivity index (χ2v) is 7.03. The molecular formula is C12H26N2O3S. The Morgan fingerprint density at radius 1 is 1.33 bits per heavy atom. The van der Waals surface area contributed by atoms with Gasteiger partial charge in [-0.2, -0.15) is 0 Å². The average molecular weight is 278 g/mol. The number of hydrogen-bond donors (Lipinski definition) is 1. The van der Waals surface area contributed by atoms with Crippen molar-refractivity contribution in [2.24, 2.45) is 0 Å². The van der Waals surface area contributed by atoms with Crippen LogP contribution in [0.1, 0.15) is 20.3 Å². The SMILES string of the molecule is CCCS(=O)(=O)CCN1CCOCC1CNCC. The fourth-order valence-electron chi connectivity index (χ4n) is 2.15. The van der Waals surface area contributed by atoms with Crippen molar-refractivity contribution in [1.29, 1.82) is 0 Å². The fraction of sp³-hybridized carbons (Fsp3) is 1.00. The lowest BCUT2D eigenvalue weighted by atomic mass is 10.2. The molecule has 0 radical (unpaired) electrons. The van der Waals surface area contributed by atoms with Crippen molar-refractivity contribution in [2.45, 2.75) is 26.3 Å². The van der Waals surface area contributed by atoms with Gasteiger partial charge in [0.2, 0.25) is 0 Å². The molecule has 5 nitrogen and oxygen atoms in total. The van der Waals surface area contributed by atoms with Crippen molar-refractivity contribution in [1.82, 2.24) is 10.2 Å². The third-order valence-corrected chi connectivity index (χ3v) is 5.02. The van der Waals surface area contributed by atoms with Gasteiger partial charge in [0.05, 0.1) is 19.0 Å². The zero-order valence-electron chi connectivity index (χ0n) is 11.5. The Morgan fingerprint density at radius 3 is 2.78 bits per heavy atom. The Balaban J connectivity index is 2.42. The average Bonchev–Trinajstić information content (AvgIpc) is 2.35. The highest BCUT2D eigenvalue weighted by atomic mass is 32.2. The van der Waals surface area contributed by atoms with Crippen LogP contribution >= 0.6 is 0 Å². The molecule has 6 heteroatoms. The van der Waals surface area contributed by atoms with Crippen LogP contribution in [0.15, 0.2) is 0 Å². The molecule has 1 unspecified atom stereocenters. The smallest absolute Gasteiger partial charge is 0.151 e. The standard InChI is InChI=1S/C12H26N2O3S/c1-3-8-18(15,16)9-6-14-5-7-17-11-12(14)10-13-4-2/h12-13H,3-11H2,1-2H3. The number of ether oxygens (including phenoxy) is 1. The van der Waals surface area contributed by atoms with Crippen molar-refractivity contribution >= 4 is 9.84 Å². The van der Waals surface area contributed by atoms with Crippen LogP contribution in [0.25, 0.3) is 0 Å². The molecule has 0 saturated carbocycles. The minimum absolute atomic E-state index is 0.267. The number of nitrogens with one attached hydrogen (secondary N) is 1. The molecule has 1 fully saturated rings. The van der Waals surface area contributed by atoms with Gasteiger partial charge in [0.1, 0.15) is 0 Å². The molecule has 0 aromatic heterocycles. The van der Waals surface area contributed by atoms with Gasteiger partial charge in [-0.1, -0.05) is 13.8 Å². The summed E-state index contributed by atoms with van der Waals surface area (Å²) in [6.07, 6.45) is 0.701. The van der Waals surface area contributed by atoms with Crippen LogP contribution in [-0.4, -0.2) is 70.3 Å². The topological polar surface area (TPSA) is 58.6 Å². The molecular weight excluding hydrogens is 252 g/mol. The molecule has 1 saturated heterocycles. The summed E-state index contributed by atoms with van der Waals surface area (Å²) in [7, 11) is -2.88. The summed E-state index contributed by atoms with van der Waals surface area (Å²) >= 11 is 0. The molecule has 0 spiro atoms. The van der Waals surface area contributed by atoms with E-state index in [0.29, 0.717) is 38.0 Å². The summed E-state index contributed by atoms with van der Waals surface area (Å²) in [6.45, 7) is 8.62. The molecule has 108 valence electrons. The quantitative estimate of drug-likeness (QED) is 0.683. The maximum Gasteiger partial charge on any atom is 0.151 e. The van der Waals surface area contributed by atoms with Crippen LogP contribution in [0.2, 0.25) is 0 Å². The van der Waals surface area contributed by atoms with E-state index in [4.69, 9.17) is 4.74 Å². The van der Waals surface area contributed by atoms with Gasteiger partial charge >= 0.3 is 0 Å². The van der Waals surface area contributed by atoms with Crippen LogP contribution in [0.4, 0.5) is 0 Å². The van der Waals surface area contributed by atoms with E-state index in [1.165, 1.54) is 0 Å². The lowest BCUT2D eigenvalue weighted by Gasteiger charge is -2.35. The van der Waals surface area contributed by atoms with E-state index in [0.717, 1.165) is 19.6 Å². The number of hydrogen-bond acceptors (Lipinski definition) is 5. The molecule has 0 aliphatic carbocycles. The first-order valence-corrected chi connectivity index (χ1v) is 8.64. The molecule has 0 aromatic rings. The number of likely N-dealkylation sites (N-methyl/N-ethyl adjacent to an activating group) is 1. The number of sulfone groups is 1. The molecule has 1 aliphatic heterocycles. The Morgan fingerprint density at radius 2 is 2.11 bits per heavy atom. The van der Waals surface area contributed by atoms with Crippen LogP contribution < -0.4 is 5.32 Å². The number of morpholine rings is 1. The van der Waals surface area contributed by atoms with Gasteiger partial charge in [0, 0.05) is 31.4 Å². The Kier molecular flexibility index (Phi) is 7.14. The van der Waals surface area contributed by atoms with Crippen molar-refractivity contribution in [3.05, 3.63) is 0 Å². The Bertz CT molecular complexity index is 319. The van der Waals surface area contributed by atoms with Crippen LogP contribution in [-0.2, 0) is 14.6 Å².